The van der Waals surface area contributed by atoms with Gasteiger partial charge in [-0.1, -0.05) is 32.3 Å². The van der Waals surface area contributed by atoms with Crippen LogP contribution in [0.5, 0.6) is 5.75 Å². The van der Waals surface area contributed by atoms with E-state index in [-0.39, 0.29) is 5.91 Å². The van der Waals surface area contributed by atoms with Crippen LogP contribution < -0.4 is 10.1 Å². The third-order valence-electron chi connectivity index (χ3n) is 3.84. The minimum Gasteiger partial charge on any atom is -0.494 e. The Morgan fingerprint density at radius 3 is 2.81 bits per heavy atom. The van der Waals surface area contributed by atoms with Crippen LogP contribution in [0.25, 0.3) is 0 Å². The molecule has 0 saturated heterocycles. The van der Waals surface area contributed by atoms with Gasteiger partial charge >= 0.3 is 0 Å². The molecule has 1 saturated carbocycles. The molecule has 0 heterocycles. The Labute approximate surface area is 126 Å². The first-order chi connectivity index (χ1) is 10.2. The largest absolute Gasteiger partial charge is 0.494 e. The monoisotopic (exact) mass is 286 g/mol. The lowest BCUT2D eigenvalue weighted by Crippen LogP contribution is -2.48. The van der Waals surface area contributed by atoms with Gasteiger partial charge in [0.15, 0.2) is 0 Å². The maximum absolute atomic E-state index is 12.4. The van der Waals surface area contributed by atoms with Crippen molar-refractivity contribution >= 4 is 5.91 Å². The van der Waals surface area contributed by atoms with E-state index in [1.165, 1.54) is 0 Å². The van der Waals surface area contributed by atoms with Crippen molar-refractivity contribution in [2.75, 3.05) is 6.61 Å². The van der Waals surface area contributed by atoms with E-state index in [0.717, 1.165) is 38.5 Å². The summed E-state index contributed by atoms with van der Waals surface area (Å²) in [6.45, 7) is 2.67. The van der Waals surface area contributed by atoms with Crippen molar-refractivity contribution in [3.05, 3.63) is 29.8 Å². The number of nitrogens with zero attached hydrogens (tertiary/aromatic N) is 1. The molecular formula is C17H22N2O2. The zero-order valence-electron chi connectivity index (χ0n) is 12.5. The molecule has 0 atom stereocenters. The summed E-state index contributed by atoms with van der Waals surface area (Å²) >= 11 is 0. The molecule has 1 aliphatic rings. The van der Waals surface area contributed by atoms with Crippen LogP contribution in [0.15, 0.2) is 24.3 Å². The number of amides is 1. The molecule has 1 N–H and O–H groups in total. The highest BCUT2D eigenvalue weighted by atomic mass is 16.5. The van der Waals surface area contributed by atoms with E-state index < -0.39 is 5.54 Å². The zero-order chi connectivity index (χ0) is 15.1. The van der Waals surface area contributed by atoms with Crippen LogP contribution in [0.1, 0.15) is 55.8 Å². The summed E-state index contributed by atoms with van der Waals surface area (Å²) in [5.74, 6) is 0.500. The highest BCUT2D eigenvalue weighted by Gasteiger charge is 2.33. The minimum atomic E-state index is -0.699. The maximum atomic E-state index is 12.4. The quantitative estimate of drug-likeness (QED) is 0.902. The van der Waals surface area contributed by atoms with E-state index in [0.29, 0.717) is 17.9 Å². The number of nitrogens with one attached hydrogen (secondary N) is 1. The first kappa shape index (κ1) is 15.4. The summed E-state index contributed by atoms with van der Waals surface area (Å²) in [7, 11) is 0. The molecule has 1 aliphatic carbocycles. The SMILES string of the molecule is CCCOc1cccc(C(=O)NC2(C#N)CCCCC2)c1. The van der Waals surface area contributed by atoms with E-state index >= 15 is 0 Å². The van der Waals surface area contributed by atoms with E-state index in [9.17, 15) is 10.1 Å². The van der Waals surface area contributed by atoms with Crippen molar-refractivity contribution in [3.63, 3.8) is 0 Å². The molecule has 1 amide bonds. The molecule has 1 fully saturated rings. The van der Waals surface area contributed by atoms with E-state index in [1.807, 2.05) is 13.0 Å². The summed E-state index contributed by atoms with van der Waals surface area (Å²) in [6.07, 6.45) is 5.52. The Morgan fingerprint density at radius 2 is 2.14 bits per heavy atom. The van der Waals surface area contributed by atoms with E-state index in [2.05, 4.69) is 11.4 Å². The molecule has 1 aromatic rings. The zero-order valence-corrected chi connectivity index (χ0v) is 12.5. The molecule has 4 nitrogen and oxygen atoms in total. The number of rotatable bonds is 5. The van der Waals surface area contributed by atoms with Gasteiger partial charge in [0.1, 0.15) is 11.3 Å². The van der Waals surface area contributed by atoms with Crippen molar-refractivity contribution in [2.45, 2.75) is 51.0 Å². The minimum absolute atomic E-state index is 0.194. The van der Waals surface area contributed by atoms with Gasteiger partial charge in [-0.2, -0.15) is 5.26 Å². The average molecular weight is 286 g/mol. The molecule has 0 aromatic heterocycles. The summed E-state index contributed by atoms with van der Waals surface area (Å²) in [6, 6.07) is 9.44. The van der Waals surface area contributed by atoms with E-state index in [1.54, 1.807) is 18.2 Å². The van der Waals surface area contributed by atoms with Crippen molar-refractivity contribution in [1.29, 1.82) is 5.26 Å². The molecule has 0 radical (unpaired) electrons. The Balaban J connectivity index is 2.07. The lowest BCUT2D eigenvalue weighted by molar-refractivity contribution is 0.0902. The lowest BCUT2D eigenvalue weighted by Gasteiger charge is -2.31. The Bertz CT molecular complexity index is 528. The fourth-order valence-electron chi connectivity index (χ4n) is 2.66. The van der Waals surface area contributed by atoms with E-state index in [4.69, 9.17) is 4.74 Å². The molecule has 1 aromatic carbocycles. The Morgan fingerprint density at radius 1 is 1.38 bits per heavy atom. The standard InChI is InChI=1S/C17H22N2O2/c1-2-11-21-15-8-6-7-14(12-15)16(20)19-17(13-18)9-4-3-5-10-17/h6-8,12H,2-5,9-11H2,1H3,(H,19,20). The first-order valence-corrected chi connectivity index (χ1v) is 7.66. The predicted molar refractivity (Wildman–Crippen MR) is 81.1 cm³/mol. The van der Waals surface area contributed by atoms with Crippen LogP contribution >= 0.6 is 0 Å². The number of ether oxygens (including phenoxy) is 1. The van der Waals surface area contributed by atoms with Gasteiger partial charge in [-0.25, -0.2) is 0 Å². The molecule has 2 rings (SSSR count). The van der Waals surface area contributed by atoms with Crippen LogP contribution in [0.3, 0.4) is 0 Å². The maximum Gasteiger partial charge on any atom is 0.252 e. The normalized spacial score (nSPS) is 16.8. The summed E-state index contributed by atoms with van der Waals surface area (Å²) in [5.41, 5.74) is -0.154. The summed E-state index contributed by atoms with van der Waals surface area (Å²) in [4.78, 5) is 12.4. The highest BCUT2D eigenvalue weighted by Crippen LogP contribution is 2.28. The summed E-state index contributed by atoms with van der Waals surface area (Å²) < 4.78 is 5.54. The lowest BCUT2D eigenvalue weighted by atomic mass is 9.82. The first-order valence-electron chi connectivity index (χ1n) is 7.66. The van der Waals surface area contributed by atoms with Gasteiger partial charge in [-0.15, -0.1) is 0 Å². The number of carbonyl (C=O) groups is 1. The molecular weight excluding hydrogens is 264 g/mol. The van der Waals surface area contributed by atoms with Gasteiger partial charge in [-0.05, 0) is 37.5 Å². The van der Waals surface area contributed by atoms with Crippen LogP contribution in [0.2, 0.25) is 0 Å². The van der Waals surface area contributed by atoms with Crippen LogP contribution in [-0.2, 0) is 0 Å². The predicted octanol–water partition coefficient (Wildman–Crippen LogP) is 3.43. The van der Waals surface area contributed by atoms with Crippen molar-refractivity contribution in [1.82, 2.24) is 5.32 Å². The Hall–Kier alpha value is -2.02. The molecule has 21 heavy (non-hydrogen) atoms. The number of nitriles is 1. The smallest absolute Gasteiger partial charge is 0.252 e. The van der Waals surface area contributed by atoms with Crippen LogP contribution in [-0.4, -0.2) is 18.1 Å². The fourth-order valence-corrected chi connectivity index (χ4v) is 2.66. The van der Waals surface area contributed by atoms with Crippen molar-refractivity contribution in [3.8, 4) is 11.8 Å². The fraction of sp³-hybridized carbons (Fsp3) is 0.529. The van der Waals surface area contributed by atoms with Crippen LogP contribution in [0.4, 0.5) is 0 Å². The van der Waals surface area contributed by atoms with Crippen LogP contribution in [0, 0.1) is 11.3 Å². The third-order valence-corrected chi connectivity index (χ3v) is 3.84. The van der Waals surface area contributed by atoms with Crippen molar-refractivity contribution < 1.29 is 9.53 Å². The second-order valence-corrected chi connectivity index (χ2v) is 5.58. The highest BCUT2D eigenvalue weighted by molar-refractivity contribution is 5.95. The molecule has 4 heteroatoms. The third kappa shape index (κ3) is 3.98. The molecule has 0 bridgehead atoms. The van der Waals surface area contributed by atoms with Gasteiger partial charge in [0, 0.05) is 5.56 Å². The second-order valence-electron chi connectivity index (χ2n) is 5.58. The molecule has 0 spiro atoms. The van der Waals surface area contributed by atoms with Gasteiger partial charge in [0.05, 0.1) is 12.7 Å². The Kier molecular flexibility index (Phi) is 5.21. The van der Waals surface area contributed by atoms with Gasteiger partial charge in [0.25, 0.3) is 5.91 Å². The topological polar surface area (TPSA) is 62.1 Å². The summed E-state index contributed by atoms with van der Waals surface area (Å²) in [5, 5.41) is 12.3. The number of hydrogen-bond donors (Lipinski definition) is 1. The number of benzene rings is 1. The van der Waals surface area contributed by atoms with Gasteiger partial charge < -0.3 is 10.1 Å². The second kappa shape index (κ2) is 7.12. The average Bonchev–Trinajstić information content (AvgIpc) is 2.54. The molecule has 0 unspecified atom stereocenters. The van der Waals surface area contributed by atoms with Gasteiger partial charge in [0.2, 0.25) is 0 Å². The molecule has 0 aliphatic heterocycles. The number of carbonyl (C=O) groups excluding carboxylic acids is 1. The molecule has 112 valence electrons. The van der Waals surface area contributed by atoms with Crippen molar-refractivity contribution in [2.24, 2.45) is 0 Å². The van der Waals surface area contributed by atoms with Gasteiger partial charge in [-0.3, -0.25) is 4.79 Å². The number of hydrogen-bond acceptors (Lipinski definition) is 3.